The van der Waals surface area contributed by atoms with Crippen LogP contribution in [0.4, 0.5) is 5.69 Å². The van der Waals surface area contributed by atoms with Crippen molar-refractivity contribution in [1.29, 1.82) is 5.26 Å². The van der Waals surface area contributed by atoms with Crippen LogP contribution in [0.25, 0.3) is 16.9 Å². The number of hydrogen-bond acceptors (Lipinski definition) is 6. The third-order valence-electron chi connectivity index (χ3n) is 5.74. The maximum atomic E-state index is 13.5. The largest absolute Gasteiger partial charge is 0.497 e. The summed E-state index contributed by atoms with van der Waals surface area (Å²) in [4.78, 5) is 27.6. The van der Waals surface area contributed by atoms with E-state index in [-0.39, 0.29) is 5.69 Å². The van der Waals surface area contributed by atoms with E-state index in [2.05, 4.69) is 10.4 Å². The number of aromatic nitrogens is 2. The molecule has 172 valence electrons. The predicted octanol–water partition coefficient (Wildman–Crippen LogP) is 5.11. The number of hydrogen-bond donors (Lipinski definition) is 1. The summed E-state index contributed by atoms with van der Waals surface area (Å²) >= 11 is 1.60. The Bertz CT molecular complexity index is 1460. The van der Waals surface area contributed by atoms with Gasteiger partial charge in [-0.15, -0.1) is 11.8 Å². The van der Waals surface area contributed by atoms with Crippen LogP contribution >= 0.6 is 11.8 Å². The van der Waals surface area contributed by atoms with E-state index < -0.39 is 17.6 Å². The van der Waals surface area contributed by atoms with Crippen LogP contribution < -0.4 is 10.1 Å². The summed E-state index contributed by atoms with van der Waals surface area (Å²) in [5.41, 5.74) is 3.89. The average Bonchev–Trinajstić information content (AvgIpc) is 3.30. The highest BCUT2D eigenvalue weighted by molar-refractivity contribution is 7.98. The molecule has 2 heterocycles. The lowest BCUT2D eigenvalue weighted by Gasteiger charge is -2.18. The molecule has 8 heteroatoms. The molecule has 1 aromatic heterocycles. The van der Waals surface area contributed by atoms with Crippen LogP contribution in [0, 0.1) is 17.2 Å². The maximum Gasteiger partial charge on any atom is 0.249 e. The molecule has 1 aliphatic rings. The summed E-state index contributed by atoms with van der Waals surface area (Å²) in [5.74, 6) is -1.72. The van der Waals surface area contributed by atoms with E-state index in [1.165, 1.54) is 0 Å². The van der Waals surface area contributed by atoms with Crippen LogP contribution in [-0.4, -0.2) is 28.6 Å². The molecule has 7 nitrogen and oxygen atoms in total. The van der Waals surface area contributed by atoms with Crippen LogP contribution in [0.15, 0.2) is 83.8 Å². The van der Waals surface area contributed by atoms with Gasteiger partial charge in [-0.05, 0) is 42.5 Å². The third kappa shape index (κ3) is 4.18. The van der Waals surface area contributed by atoms with Gasteiger partial charge in [0.2, 0.25) is 11.7 Å². The first kappa shape index (κ1) is 22.4. The minimum Gasteiger partial charge on any atom is -0.497 e. The second-order valence-electron chi connectivity index (χ2n) is 7.85. The molecule has 4 aromatic rings. The van der Waals surface area contributed by atoms with E-state index >= 15 is 0 Å². The molecule has 0 saturated carbocycles. The first-order valence-corrected chi connectivity index (χ1v) is 11.9. The van der Waals surface area contributed by atoms with Crippen molar-refractivity contribution < 1.29 is 14.3 Å². The molecule has 0 radical (unpaired) electrons. The van der Waals surface area contributed by atoms with E-state index in [9.17, 15) is 14.9 Å². The predicted molar refractivity (Wildman–Crippen MR) is 134 cm³/mol. The molecule has 35 heavy (non-hydrogen) atoms. The first-order chi connectivity index (χ1) is 17.1. The van der Waals surface area contributed by atoms with Gasteiger partial charge in [-0.1, -0.05) is 36.4 Å². The molecule has 0 fully saturated rings. The highest BCUT2D eigenvalue weighted by Gasteiger charge is 2.35. The number of amides is 1. The quantitative estimate of drug-likeness (QED) is 0.304. The lowest BCUT2D eigenvalue weighted by molar-refractivity contribution is -0.117. The number of nitriles is 1. The number of anilines is 1. The SMILES string of the molecule is COc1ccc(NC(=O)C(C#N)C(=O)c2nn(-c3ccccc3)c3c2CSc2ccccc2-3)cc1. The van der Waals surface area contributed by atoms with Gasteiger partial charge in [0.05, 0.1) is 24.6 Å². The lowest BCUT2D eigenvalue weighted by Crippen LogP contribution is -2.29. The standard InChI is InChI=1S/C27H20N4O3S/c1-34-19-13-11-17(12-14-19)29-27(33)21(15-28)26(32)24-22-16-35-23-10-6-5-9-20(23)25(22)31(30-24)18-7-3-2-4-8-18/h2-14,21H,16H2,1H3,(H,29,33). The summed E-state index contributed by atoms with van der Waals surface area (Å²) in [6, 6.07) is 26.0. The Labute approximate surface area is 206 Å². The number of ketones is 1. The number of ether oxygens (including phenoxy) is 1. The van der Waals surface area contributed by atoms with Gasteiger partial charge < -0.3 is 10.1 Å². The fourth-order valence-electron chi connectivity index (χ4n) is 4.02. The zero-order chi connectivity index (χ0) is 24.4. The smallest absolute Gasteiger partial charge is 0.249 e. The topological polar surface area (TPSA) is 97.0 Å². The number of thioether (sulfide) groups is 1. The summed E-state index contributed by atoms with van der Waals surface area (Å²) in [6.45, 7) is 0. The van der Waals surface area contributed by atoms with Gasteiger partial charge in [0.1, 0.15) is 11.4 Å². The number of carbonyl (C=O) groups is 2. The zero-order valence-electron chi connectivity index (χ0n) is 18.8. The molecule has 0 bridgehead atoms. The average molecular weight is 481 g/mol. The second kappa shape index (κ2) is 9.49. The molecule has 1 aliphatic heterocycles. The number of rotatable bonds is 6. The van der Waals surface area contributed by atoms with Gasteiger partial charge >= 0.3 is 0 Å². The molecule has 3 aromatic carbocycles. The van der Waals surface area contributed by atoms with E-state index in [0.717, 1.165) is 27.4 Å². The van der Waals surface area contributed by atoms with Crippen molar-refractivity contribution in [1.82, 2.24) is 9.78 Å². The van der Waals surface area contributed by atoms with Crippen LogP contribution in [0.1, 0.15) is 16.1 Å². The first-order valence-electron chi connectivity index (χ1n) is 10.9. The van der Waals surface area contributed by atoms with E-state index in [4.69, 9.17) is 4.74 Å². The fraction of sp³-hybridized carbons (Fsp3) is 0.111. The molecular formula is C27H20N4O3S. The Morgan fingerprint density at radius 2 is 1.77 bits per heavy atom. The molecule has 0 spiro atoms. The number of carbonyl (C=O) groups excluding carboxylic acids is 2. The highest BCUT2D eigenvalue weighted by Crippen LogP contribution is 2.44. The maximum absolute atomic E-state index is 13.5. The van der Waals surface area contributed by atoms with Crippen molar-refractivity contribution in [2.24, 2.45) is 5.92 Å². The van der Waals surface area contributed by atoms with Crippen molar-refractivity contribution in [2.45, 2.75) is 10.6 Å². The van der Waals surface area contributed by atoms with Crippen molar-refractivity contribution in [3.63, 3.8) is 0 Å². The molecule has 0 aliphatic carbocycles. The van der Waals surface area contributed by atoms with E-state index in [0.29, 0.717) is 17.2 Å². The van der Waals surface area contributed by atoms with Crippen LogP contribution in [0.3, 0.4) is 0 Å². The molecule has 1 atom stereocenters. The van der Waals surface area contributed by atoms with Crippen molar-refractivity contribution in [3.05, 3.63) is 90.1 Å². The van der Waals surface area contributed by atoms with Crippen molar-refractivity contribution >= 4 is 29.1 Å². The van der Waals surface area contributed by atoms with Gasteiger partial charge in [0, 0.05) is 27.5 Å². The Balaban J connectivity index is 1.54. The van der Waals surface area contributed by atoms with E-state index in [1.54, 1.807) is 47.8 Å². The Morgan fingerprint density at radius 1 is 1.06 bits per heavy atom. The van der Waals surface area contributed by atoms with Crippen LogP contribution in [0.2, 0.25) is 0 Å². The summed E-state index contributed by atoms with van der Waals surface area (Å²) in [5, 5.41) is 17.1. The number of methoxy groups -OCH3 is 1. The number of fused-ring (bicyclic) bond motifs is 3. The van der Waals surface area contributed by atoms with Gasteiger partial charge in [0.15, 0.2) is 5.92 Å². The van der Waals surface area contributed by atoms with Gasteiger partial charge in [-0.3, -0.25) is 9.59 Å². The highest BCUT2D eigenvalue weighted by atomic mass is 32.2. The van der Waals surface area contributed by atoms with Crippen LogP contribution in [-0.2, 0) is 10.5 Å². The number of para-hydroxylation sites is 1. The molecule has 1 unspecified atom stereocenters. The Hall–Kier alpha value is -4.35. The zero-order valence-corrected chi connectivity index (χ0v) is 19.6. The number of nitrogens with one attached hydrogen (secondary N) is 1. The normalized spacial score (nSPS) is 12.6. The number of nitrogens with zero attached hydrogens (tertiary/aromatic N) is 3. The minimum absolute atomic E-state index is 0.141. The molecular weight excluding hydrogens is 460 g/mol. The van der Waals surface area contributed by atoms with Crippen molar-refractivity contribution in [3.8, 4) is 28.8 Å². The Kier molecular flexibility index (Phi) is 6.08. The van der Waals surface area contributed by atoms with Gasteiger partial charge in [-0.25, -0.2) is 4.68 Å². The van der Waals surface area contributed by atoms with Gasteiger partial charge in [-0.2, -0.15) is 10.4 Å². The van der Waals surface area contributed by atoms with Gasteiger partial charge in [0.25, 0.3) is 0 Å². The summed E-state index contributed by atoms with van der Waals surface area (Å²) in [6.07, 6.45) is 0. The van der Waals surface area contributed by atoms with Crippen LogP contribution in [0.5, 0.6) is 5.75 Å². The Morgan fingerprint density at radius 3 is 2.49 bits per heavy atom. The summed E-state index contributed by atoms with van der Waals surface area (Å²) in [7, 11) is 1.55. The van der Waals surface area contributed by atoms with Crippen molar-refractivity contribution in [2.75, 3.05) is 12.4 Å². The lowest BCUT2D eigenvalue weighted by atomic mass is 9.97. The molecule has 1 amide bonds. The molecule has 5 rings (SSSR count). The summed E-state index contributed by atoms with van der Waals surface area (Å²) < 4.78 is 6.86. The number of benzene rings is 3. The minimum atomic E-state index is -1.54. The third-order valence-corrected chi connectivity index (χ3v) is 6.84. The monoisotopic (exact) mass is 480 g/mol. The fourth-order valence-corrected chi connectivity index (χ4v) is 5.09. The number of Topliss-reactive ketones (excluding diaryl/α,β-unsaturated/α-hetero) is 1. The molecule has 0 saturated heterocycles. The second-order valence-corrected chi connectivity index (χ2v) is 8.87. The molecule has 1 N–H and O–H groups in total. The van der Waals surface area contributed by atoms with E-state index in [1.807, 2.05) is 60.7 Å².